The highest BCUT2D eigenvalue weighted by Crippen LogP contribution is 2.17. The van der Waals surface area contributed by atoms with Crippen molar-refractivity contribution in [1.29, 1.82) is 0 Å². The summed E-state index contributed by atoms with van der Waals surface area (Å²) < 4.78 is 1.77. The van der Waals surface area contributed by atoms with E-state index < -0.39 is 5.97 Å². The molecule has 1 aromatic carbocycles. The molecule has 0 aliphatic rings. The van der Waals surface area contributed by atoms with Crippen molar-refractivity contribution in [1.82, 2.24) is 14.8 Å². The molecule has 0 aliphatic carbocycles. The Morgan fingerprint density at radius 3 is 2.69 bits per heavy atom. The van der Waals surface area contributed by atoms with E-state index in [4.69, 9.17) is 5.11 Å². The molecular formula is C11H11N3O2. The highest BCUT2D eigenvalue weighted by Gasteiger charge is 2.09. The fourth-order valence-corrected chi connectivity index (χ4v) is 1.53. The monoisotopic (exact) mass is 217 g/mol. The van der Waals surface area contributed by atoms with Crippen LogP contribution >= 0.6 is 0 Å². The van der Waals surface area contributed by atoms with Crippen LogP contribution in [0.15, 0.2) is 24.5 Å². The summed E-state index contributed by atoms with van der Waals surface area (Å²) in [5.74, 6) is -0.211. The number of aryl methyl sites for hydroxylation is 2. The first-order chi connectivity index (χ1) is 7.59. The van der Waals surface area contributed by atoms with Crippen molar-refractivity contribution in [3.8, 4) is 5.69 Å². The zero-order chi connectivity index (χ0) is 11.7. The summed E-state index contributed by atoms with van der Waals surface area (Å²) in [5, 5.41) is 16.6. The second kappa shape index (κ2) is 3.77. The summed E-state index contributed by atoms with van der Waals surface area (Å²) >= 11 is 0. The second-order valence-corrected chi connectivity index (χ2v) is 3.55. The zero-order valence-corrected chi connectivity index (χ0v) is 9.01. The van der Waals surface area contributed by atoms with Crippen LogP contribution in [0.2, 0.25) is 0 Å². The van der Waals surface area contributed by atoms with E-state index in [1.165, 1.54) is 0 Å². The van der Waals surface area contributed by atoms with E-state index in [0.717, 1.165) is 17.1 Å². The molecule has 0 bridgehead atoms. The molecule has 2 rings (SSSR count). The van der Waals surface area contributed by atoms with Crippen LogP contribution in [0.4, 0.5) is 0 Å². The third kappa shape index (κ3) is 1.67. The van der Waals surface area contributed by atoms with Gasteiger partial charge in [-0.05, 0) is 31.5 Å². The second-order valence-electron chi connectivity index (χ2n) is 3.55. The summed E-state index contributed by atoms with van der Waals surface area (Å²) in [7, 11) is 0. The fourth-order valence-electron chi connectivity index (χ4n) is 1.53. The number of hydrogen-bond donors (Lipinski definition) is 1. The third-order valence-corrected chi connectivity index (χ3v) is 2.43. The minimum absolute atomic E-state index is 0.258. The molecule has 1 N–H and O–H groups in total. The van der Waals surface area contributed by atoms with Gasteiger partial charge in [0.05, 0.1) is 11.3 Å². The Morgan fingerprint density at radius 1 is 1.38 bits per heavy atom. The summed E-state index contributed by atoms with van der Waals surface area (Å²) in [6.45, 7) is 3.74. The summed E-state index contributed by atoms with van der Waals surface area (Å²) in [5.41, 5.74) is 2.03. The van der Waals surface area contributed by atoms with Crippen molar-refractivity contribution in [2.75, 3.05) is 0 Å². The SMILES string of the molecule is Cc1ccc(C(=O)O)cc1-n1cnnc1C. The van der Waals surface area contributed by atoms with Gasteiger partial charge in [0.25, 0.3) is 0 Å². The topological polar surface area (TPSA) is 68.0 Å². The van der Waals surface area contributed by atoms with E-state index >= 15 is 0 Å². The van der Waals surface area contributed by atoms with E-state index in [1.807, 2.05) is 13.8 Å². The van der Waals surface area contributed by atoms with Gasteiger partial charge in [0.1, 0.15) is 12.2 Å². The van der Waals surface area contributed by atoms with E-state index in [1.54, 1.807) is 29.1 Å². The van der Waals surface area contributed by atoms with E-state index in [9.17, 15) is 4.79 Å². The first kappa shape index (κ1) is 10.4. The molecule has 0 aliphatic heterocycles. The Kier molecular flexibility index (Phi) is 2.44. The van der Waals surface area contributed by atoms with Gasteiger partial charge in [0, 0.05) is 0 Å². The number of carboxylic acids is 1. The van der Waals surface area contributed by atoms with Crippen LogP contribution < -0.4 is 0 Å². The molecule has 1 aromatic heterocycles. The van der Waals surface area contributed by atoms with Crippen LogP contribution in [0.1, 0.15) is 21.7 Å². The smallest absolute Gasteiger partial charge is 0.335 e. The fraction of sp³-hybridized carbons (Fsp3) is 0.182. The number of benzene rings is 1. The van der Waals surface area contributed by atoms with E-state index in [0.29, 0.717) is 0 Å². The van der Waals surface area contributed by atoms with Crippen LogP contribution in [0.5, 0.6) is 0 Å². The normalized spacial score (nSPS) is 10.4. The average Bonchev–Trinajstić information content (AvgIpc) is 2.65. The van der Waals surface area contributed by atoms with Crippen molar-refractivity contribution in [2.24, 2.45) is 0 Å². The number of carboxylic acid groups (broad SMARTS) is 1. The average molecular weight is 217 g/mol. The predicted molar refractivity (Wildman–Crippen MR) is 57.8 cm³/mol. The molecule has 0 saturated heterocycles. The number of rotatable bonds is 2. The molecule has 0 fully saturated rings. The molecule has 0 amide bonds. The van der Waals surface area contributed by atoms with Gasteiger partial charge in [-0.1, -0.05) is 6.07 Å². The van der Waals surface area contributed by atoms with Crippen LogP contribution in [-0.4, -0.2) is 25.8 Å². The van der Waals surface area contributed by atoms with Crippen molar-refractivity contribution < 1.29 is 9.90 Å². The maximum absolute atomic E-state index is 10.9. The molecule has 2 aromatic rings. The standard InChI is InChI=1S/C11H11N3O2/c1-7-3-4-9(11(15)16)5-10(7)14-6-12-13-8(14)2/h3-6H,1-2H3,(H,15,16). The lowest BCUT2D eigenvalue weighted by molar-refractivity contribution is 0.0697. The van der Waals surface area contributed by atoms with E-state index in [2.05, 4.69) is 10.2 Å². The molecule has 5 nitrogen and oxygen atoms in total. The van der Waals surface area contributed by atoms with Crippen LogP contribution in [0.25, 0.3) is 5.69 Å². The van der Waals surface area contributed by atoms with E-state index in [-0.39, 0.29) is 5.56 Å². The van der Waals surface area contributed by atoms with Gasteiger partial charge in [0.15, 0.2) is 0 Å². The van der Waals surface area contributed by atoms with Crippen LogP contribution in [0.3, 0.4) is 0 Å². The summed E-state index contributed by atoms with van der Waals surface area (Å²) in [4.78, 5) is 10.9. The maximum atomic E-state index is 10.9. The van der Waals surface area contributed by atoms with Gasteiger partial charge in [-0.15, -0.1) is 10.2 Å². The van der Waals surface area contributed by atoms with Gasteiger partial charge in [0.2, 0.25) is 0 Å². The molecule has 1 heterocycles. The number of hydrogen-bond acceptors (Lipinski definition) is 3. The molecule has 0 saturated carbocycles. The Balaban J connectivity index is 2.60. The van der Waals surface area contributed by atoms with Gasteiger partial charge in [-0.3, -0.25) is 4.57 Å². The lowest BCUT2D eigenvalue weighted by atomic mass is 10.1. The Labute approximate surface area is 92.4 Å². The predicted octanol–water partition coefficient (Wildman–Crippen LogP) is 1.58. The lowest BCUT2D eigenvalue weighted by Gasteiger charge is -2.08. The number of carbonyl (C=O) groups is 1. The van der Waals surface area contributed by atoms with Crippen molar-refractivity contribution in [3.05, 3.63) is 41.5 Å². The Morgan fingerprint density at radius 2 is 2.12 bits per heavy atom. The highest BCUT2D eigenvalue weighted by molar-refractivity contribution is 5.88. The van der Waals surface area contributed by atoms with Gasteiger partial charge in [-0.25, -0.2) is 4.79 Å². The number of nitrogens with zero attached hydrogens (tertiary/aromatic N) is 3. The van der Waals surface area contributed by atoms with Crippen LogP contribution in [0, 0.1) is 13.8 Å². The zero-order valence-electron chi connectivity index (χ0n) is 9.01. The van der Waals surface area contributed by atoms with Gasteiger partial charge in [-0.2, -0.15) is 0 Å². The molecule has 0 unspecified atom stereocenters. The molecule has 0 radical (unpaired) electrons. The van der Waals surface area contributed by atoms with Crippen molar-refractivity contribution >= 4 is 5.97 Å². The lowest BCUT2D eigenvalue weighted by Crippen LogP contribution is -2.02. The molecule has 0 atom stereocenters. The molecule has 16 heavy (non-hydrogen) atoms. The van der Waals surface area contributed by atoms with Crippen LogP contribution in [-0.2, 0) is 0 Å². The minimum atomic E-state index is -0.938. The molecule has 82 valence electrons. The number of aromatic carboxylic acids is 1. The van der Waals surface area contributed by atoms with Crippen molar-refractivity contribution in [3.63, 3.8) is 0 Å². The van der Waals surface area contributed by atoms with Crippen molar-refractivity contribution in [2.45, 2.75) is 13.8 Å². The largest absolute Gasteiger partial charge is 0.478 e. The highest BCUT2D eigenvalue weighted by atomic mass is 16.4. The molecular weight excluding hydrogens is 206 g/mol. The van der Waals surface area contributed by atoms with Gasteiger partial charge < -0.3 is 5.11 Å². The Hall–Kier alpha value is -2.17. The first-order valence-corrected chi connectivity index (χ1v) is 4.80. The third-order valence-electron chi connectivity index (χ3n) is 2.43. The quantitative estimate of drug-likeness (QED) is 0.829. The maximum Gasteiger partial charge on any atom is 0.335 e. The first-order valence-electron chi connectivity index (χ1n) is 4.80. The number of aromatic nitrogens is 3. The minimum Gasteiger partial charge on any atom is -0.478 e. The molecule has 0 spiro atoms. The summed E-state index contributed by atoms with van der Waals surface area (Å²) in [6.07, 6.45) is 1.57. The Bertz CT molecular complexity index is 546. The molecule has 5 heteroatoms. The van der Waals surface area contributed by atoms with Gasteiger partial charge >= 0.3 is 5.97 Å². The summed E-state index contributed by atoms with van der Waals surface area (Å²) in [6, 6.07) is 4.98.